The molecule has 0 radical (unpaired) electrons. The van der Waals surface area contributed by atoms with E-state index in [1.807, 2.05) is 54.6 Å². The Morgan fingerprint density at radius 3 is 2.71 bits per heavy atom. The predicted octanol–water partition coefficient (Wildman–Crippen LogP) is 3.26. The Kier molecular flexibility index (Phi) is 3.78. The number of hydrogen-bond donors (Lipinski definition) is 2. The maximum absolute atomic E-state index is 12.0. The van der Waals surface area contributed by atoms with Gasteiger partial charge in [-0.05, 0) is 17.7 Å². The van der Waals surface area contributed by atoms with Crippen molar-refractivity contribution in [1.29, 1.82) is 0 Å². The molecular weight excluding hydrogens is 262 g/mol. The van der Waals surface area contributed by atoms with E-state index in [0.717, 1.165) is 22.6 Å². The third-order valence-electron chi connectivity index (χ3n) is 3.13. The van der Waals surface area contributed by atoms with Crippen LogP contribution < -0.4 is 5.32 Å². The van der Waals surface area contributed by atoms with Gasteiger partial charge in [-0.2, -0.15) is 0 Å². The molecule has 104 valence electrons. The summed E-state index contributed by atoms with van der Waals surface area (Å²) in [6.45, 7) is 0. The Labute approximate surface area is 122 Å². The summed E-state index contributed by atoms with van der Waals surface area (Å²) >= 11 is 0. The zero-order chi connectivity index (χ0) is 14.5. The number of aromatic nitrogens is 2. The van der Waals surface area contributed by atoms with Gasteiger partial charge in [-0.25, -0.2) is 4.98 Å². The first-order valence-electron chi connectivity index (χ1n) is 6.75. The second-order valence-electron chi connectivity index (χ2n) is 4.73. The second-order valence-corrected chi connectivity index (χ2v) is 4.73. The second kappa shape index (κ2) is 6.05. The van der Waals surface area contributed by atoms with Crippen LogP contribution in [0.1, 0.15) is 5.56 Å². The van der Waals surface area contributed by atoms with Crippen LogP contribution in [-0.4, -0.2) is 15.9 Å². The normalized spacial score (nSPS) is 10.3. The Balaban J connectivity index is 1.70. The van der Waals surface area contributed by atoms with Crippen molar-refractivity contribution in [2.75, 3.05) is 5.32 Å². The molecule has 2 N–H and O–H groups in total. The van der Waals surface area contributed by atoms with Crippen molar-refractivity contribution in [3.05, 3.63) is 72.6 Å². The van der Waals surface area contributed by atoms with E-state index in [2.05, 4.69) is 15.3 Å². The van der Waals surface area contributed by atoms with Crippen molar-refractivity contribution in [1.82, 2.24) is 9.97 Å². The van der Waals surface area contributed by atoms with Crippen molar-refractivity contribution >= 4 is 11.6 Å². The quantitative estimate of drug-likeness (QED) is 0.769. The summed E-state index contributed by atoms with van der Waals surface area (Å²) in [5, 5.41) is 2.91. The van der Waals surface area contributed by atoms with Crippen molar-refractivity contribution < 1.29 is 4.79 Å². The van der Waals surface area contributed by atoms with E-state index in [1.165, 1.54) is 0 Å². The third-order valence-corrected chi connectivity index (χ3v) is 3.13. The fourth-order valence-electron chi connectivity index (χ4n) is 2.15. The molecule has 0 atom stereocenters. The summed E-state index contributed by atoms with van der Waals surface area (Å²) in [5.41, 5.74) is 2.71. The molecule has 0 unspecified atom stereocenters. The number of aromatic amines is 1. The smallest absolute Gasteiger partial charge is 0.228 e. The lowest BCUT2D eigenvalue weighted by Gasteiger charge is -2.06. The fourth-order valence-corrected chi connectivity index (χ4v) is 2.15. The molecule has 1 aromatic heterocycles. The molecule has 4 nitrogen and oxygen atoms in total. The summed E-state index contributed by atoms with van der Waals surface area (Å²) in [4.78, 5) is 19.3. The van der Waals surface area contributed by atoms with E-state index in [9.17, 15) is 4.79 Å². The fraction of sp³-hybridized carbons (Fsp3) is 0.0588. The van der Waals surface area contributed by atoms with Crippen LogP contribution in [0.3, 0.4) is 0 Å². The highest BCUT2D eigenvalue weighted by Gasteiger charge is 2.05. The van der Waals surface area contributed by atoms with Crippen LogP contribution >= 0.6 is 0 Å². The molecule has 0 aliphatic heterocycles. The van der Waals surface area contributed by atoms with E-state index >= 15 is 0 Å². The third kappa shape index (κ3) is 3.36. The molecule has 0 aliphatic rings. The molecule has 0 aliphatic carbocycles. The van der Waals surface area contributed by atoms with Crippen molar-refractivity contribution in [3.63, 3.8) is 0 Å². The minimum Gasteiger partial charge on any atom is -0.345 e. The van der Waals surface area contributed by atoms with E-state index in [1.54, 1.807) is 12.4 Å². The number of carbonyl (C=O) groups is 1. The molecule has 21 heavy (non-hydrogen) atoms. The van der Waals surface area contributed by atoms with Gasteiger partial charge in [0.25, 0.3) is 0 Å². The summed E-state index contributed by atoms with van der Waals surface area (Å²) in [5.74, 6) is 0.756. The number of anilines is 1. The first-order valence-corrected chi connectivity index (χ1v) is 6.75. The van der Waals surface area contributed by atoms with Gasteiger partial charge < -0.3 is 10.3 Å². The lowest BCUT2D eigenvalue weighted by molar-refractivity contribution is -0.115. The Morgan fingerprint density at radius 2 is 1.95 bits per heavy atom. The van der Waals surface area contributed by atoms with Gasteiger partial charge in [0.05, 0.1) is 6.42 Å². The largest absolute Gasteiger partial charge is 0.345 e. The van der Waals surface area contributed by atoms with Crippen molar-refractivity contribution in [2.24, 2.45) is 0 Å². The van der Waals surface area contributed by atoms with Gasteiger partial charge in [0.2, 0.25) is 5.91 Å². The molecule has 3 aromatic rings. The number of rotatable bonds is 4. The topological polar surface area (TPSA) is 57.8 Å². The Morgan fingerprint density at radius 1 is 1.10 bits per heavy atom. The van der Waals surface area contributed by atoms with Crippen LogP contribution in [0, 0.1) is 0 Å². The highest BCUT2D eigenvalue weighted by atomic mass is 16.1. The van der Waals surface area contributed by atoms with Crippen LogP contribution in [0.4, 0.5) is 5.69 Å². The number of amides is 1. The summed E-state index contributed by atoms with van der Waals surface area (Å²) in [6.07, 6.45) is 3.85. The Hall–Kier alpha value is -2.88. The van der Waals surface area contributed by atoms with E-state index < -0.39 is 0 Å². The molecule has 3 rings (SSSR count). The first-order chi connectivity index (χ1) is 10.3. The van der Waals surface area contributed by atoms with Gasteiger partial charge in [-0.1, -0.05) is 42.5 Å². The number of nitrogens with one attached hydrogen (secondary N) is 2. The summed E-state index contributed by atoms with van der Waals surface area (Å²) in [7, 11) is 0. The zero-order valence-corrected chi connectivity index (χ0v) is 11.4. The average Bonchev–Trinajstić information content (AvgIpc) is 3.02. The Bertz CT molecular complexity index is 721. The zero-order valence-electron chi connectivity index (χ0n) is 11.4. The highest BCUT2D eigenvalue weighted by molar-refractivity contribution is 5.92. The minimum atomic E-state index is -0.0298. The van der Waals surface area contributed by atoms with Crippen LogP contribution in [0.25, 0.3) is 11.4 Å². The predicted molar refractivity (Wildman–Crippen MR) is 82.8 cm³/mol. The standard InChI is InChI=1S/C17H15N3O/c21-16(11-13-5-2-1-3-6-13)20-15-8-4-7-14(12-15)17-18-9-10-19-17/h1-10,12H,11H2,(H,18,19)(H,20,21). The van der Waals surface area contributed by atoms with E-state index in [4.69, 9.17) is 0 Å². The van der Waals surface area contributed by atoms with Gasteiger partial charge in [0.15, 0.2) is 0 Å². The van der Waals surface area contributed by atoms with Gasteiger partial charge in [-0.3, -0.25) is 4.79 Å². The molecule has 0 saturated carbocycles. The van der Waals surface area contributed by atoms with Crippen molar-refractivity contribution in [2.45, 2.75) is 6.42 Å². The van der Waals surface area contributed by atoms with Gasteiger partial charge in [-0.15, -0.1) is 0 Å². The van der Waals surface area contributed by atoms with Gasteiger partial charge in [0.1, 0.15) is 5.82 Å². The molecule has 2 aromatic carbocycles. The van der Waals surface area contributed by atoms with Gasteiger partial charge >= 0.3 is 0 Å². The molecule has 0 saturated heterocycles. The monoisotopic (exact) mass is 277 g/mol. The molecule has 0 fully saturated rings. The van der Waals surface area contributed by atoms with Crippen LogP contribution in [0.2, 0.25) is 0 Å². The van der Waals surface area contributed by atoms with E-state index in [0.29, 0.717) is 6.42 Å². The molecule has 4 heteroatoms. The molecule has 0 bridgehead atoms. The summed E-state index contributed by atoms with van der Waals surface area (Å²) < 4.78 is 0. The lowest BCUT2D eigenvalue weighted by Crippen LogP contribution is -2.14. The average molecular weight is 277 g/mol. The molecule has 1 heterocycles. The first kappa shape index (κ1) is 13.1. The van der Waals surface area contributed by atoms with Crippen LogP contribution in [0.15, 0.2) is 67.0 Å². The molecule has 1 amide bonds. The highest BCUT2D eigenvalue weighted by Crippen LogP contribution is 2.19. The number of hydrogen-bond acceptors (Lipinski definition) is 2. The molecule has 0 spiro atoms. The van der Waals surface area contributed by atoms with Crippen LogP contribution in [0.5, 0.6) is 0 Å². The summed E-state index contributed by atoms with van der Waals surface area (Å²) in [6, 6.07) is 17.3. The number of imidazole rings is 1. The van der Waals surface area contributed by atoms with Gasteiger partial charge in [0, 0.05) is 23.6 Å². The molecular formula is C17H15N3O. The number of carbonyl (C=O) groups excluding carboxylic acids is 1. The van der Waals surface area contributed by atoms with Crippen LogP contribution in [-0.2, 0) is 11.2 Å². The number of H-pyrrole nitrogens is 1. The maximum Gasteiger partial charge on any atom is 0.228 e. The maximum atomic E-state index is 12.0. The number of nitrogens with zero attached hydrogens (tertiary/aromatic N) is 1. The number of benzene rings is 2. The van der Waals surface area contributed by atoms with E-state index in [-0.39, 0.29) is 5.91 Å². The van der Waals surface area contributed by atoms with Crippen molar-refractivity contribution in [3.8, 4) is 11.4 Å². The SMILES string of the molecule is O=C(Cc1ccccc1)Nc1cccc(-c2ncc[nH]2)c1. The lowest BCUT2D eigenvalue weighted by atomic mass is 10.1. The minimum absolute atomic E-state index is 0.0298.